The Labute approximate surface area is 242 Å². The maximum absolute atomic E-state index is 14.0. The average molecular weight is 573 g/mol. The van der Waals surface area contributed by atoms with E-state index < -0.39 is 6.04 Å². The number of amides is 2. The summed E-state index contributed by atoms with van der Waals surface area (Å²) < 4.78 is 21.9. The zero-order valence-corrected chi connectivity index (χ0v) is 23.3. The smallest absolute Gasteiger partial charge is 0.250 e. The number of carbonyl (C=O) groups is 2. The van der Waals surface area contributed by atoms with E-state index in [0.717, 1.165) is 43.2 Å². The molecule has 0 radical (unpaired) electrons. The molecule has 6 rings (SSSR count). The van der Waals surface area contributed by atoms with Crippen molar-refractivity contribution in [1.29, 1.82) is 0 Å². The molecule has 0 saturated heterocycles. The number of ether oxygens (including phenoxy) is 3. The minimum absolute atomic E-state index is 0.0512. The summed E-state index contributed by atoms with van der Waals surface area (Å²) in [5.41, 5.74) is 1.49. The number of fused-ring (bicyclic) bond motifs is 1. The van der Waals surface area contributed by atoms with E-state index in [0.29, 0.717) is 28.8 Å². The second-order valence-corrected chi connectivity index (χ2v) is 10.3. The van der Waals surface area contributed by atoms with Gasteiger partial charge >= 0.3 is 0 Å². The third-order valence-electron chi connectivity index (χ3n) is 7.51. The first-order valence-electron chi connectivity index (χ1n) is 14.0. The molecule has 1 atom stereocenters. The Hall–Kier alpha value is -4.87. The van der Waals surface area contributed by atoms with Gasteiger partial charge in [-0.25, -0.2) is 0 Å². The normalized spacial score (nSPS) is 15.3. The van der Waals surface area contributed by atoms with Crippen LogP contribution in [-0.4, -0.2) is 56.9 Å². The largest absolute Gasteiger partial charge is 0.497 e. The van der Waals surface area contributed by atoms with Crippen molar-refractivity contribution in [1.82, 2.24) is 30.4 Å². The van der Waals surface area contributed by atoms with Gasteiger partial charge in [-0.05, 0) is 72.1 Å². The lowest BCUT2D eigenvalue weighted by Gasteiger charge is -2.32. The number of hydrogen-bond acceptors (Lipinski definition) is 9. The fraction of sp³-hybridized carbons (Fsp3) is 0.367. The van der Waals surface area contributed by atoms with Crippen LogP contribution in [0.25, 0.3) is 11.4 Å². The third kappa shape index (κ3) is 6.07. The molecule has 0 spiro atoms. The van der Waals surface area contributed by atoms with Crippen molar-refractivity contribution in [2.45, 2.75) is 57.3 Å². The molecule has 12 nitrogen and oxygen atoms in total. The summed E-state index contributed by atoms with van der Waals surface area (Å²) in [6.45, 7) is 0.00925. The molecule has 2 aromatic heterocycles. The molecule has 1 saturated carbocycles. The van der Waals surface area contributed by atoms with Crippen molar-refractivity contribution in [3.05, 3.63) is 72.2 Å². The van der Waals surface area contributed by atoms with Crippen LogP contribution >= 0.6 is 0 Å². The van der Waals surface area contributed by atoms with Crippen LogP contribution in [0.4, 0.5) is 0 Å². The van der Waals surface area contributed by atoms with Crippen molar-refractivity contribution in [2.24, 2.45) is 0 Å². The highest BCUT2D eigenvalue weighted by Gasteiger charge is 2.35. The summed E-state index contributed by atoms with van der Waals surface area (Å²) in [4.78, 5) is 30.6. The van der Waals surface area contributed by atoms with Crippen LogP contribution in [0.15, 0.2) is 65.3 Å². The van der Waals surface area contributed by atoms with Crippen LogP contribution in [0.2, 0.25) is 0 Å². The van der Waals surface area contributed by atoms with E-state index in [1.165, 1.54) is 16.0 Å². The Morgan fingerprint density at radius 3 is 2.64 bits per heavy atom. The van der Waals surface area contributed by atoms with Gasteiger partial charge in [0.15, 0.2) is 17.5 Å². The molecule has 1 N–H and O–H groups in total. The topological polar surface area (TPSA) is 134 Å². The van der Waals surface area contributed by atoms with Crippen molar-refractivity contribution in [2.75, 3.05) is 13.9 Å². The van der Waals surface area contributed by atoms with Gasteiger partial charge in [0, 0.05) is 18.2 Å². The Bertz CT molecular complexity index is 1510. The van der Waals surface area contributed by atoms with E-state index >= 15 is 0 Å². The molecule has 3 heterocycles. The molecule has 218 valence electrons. The molecule has 0 bridgehead atoms. The van der Waals surface area contributed by atoms with Crippen LogP contribution in [-0.2, 0) is 22.7 Å². The molecule has 2 aliphatic rings. The van der Waals surface area contributed by atoms with Crippen LogP contribution < -0.4 is 19.5 Å². The number of nitrogens with one attached hydrogen (secondary N) is 1. The van der Waals surface area contributed by atoms with Crippen LogP contribution in [0.3, 0.4) is 0 Å². The van der Waals surface area contributed by atoms with Crippen LogP contribution in [0.5, 0.6) is 17.2 Å². The fourth-order valence-corrected chi connectivity index (χ4v) is 5.34. The first kappa shape index (κ1) is 27.3. The summed E-state index contributed by atoms with van der Waals surface area (Å²) in [6.07, 6.45) is 6.59. The molecular weight excluding hydrogens is 540 g/mol. The summed E-state index contributed by atoms with van der Waals surface area (Å²) in [5.74, 6) is 1.97. The van der Waals surface area contributed by atoms with Gasteiger partial charge in [-0.1, -0.05) is 25.3 Å². The first-order chi connectivity index (χ1) is 20.6. The lowest BCUT2D eigenvalue weighted by molar-refractivity contribution is -0.143. The molecule has 2 amide bonds. The average Bonchev–Trinajstić information content (AvgIpc) is 3.80. The highest BCUT2D eigenvalue weighted by atomic mass is 16.7. The highest BCUT2D eigenvalue weighted by Crippen LogP contribution is 2.34. The quantitative estimate of drug-likeness (QED) is 0.300. The molecule has 2 aromatic carbocycles. The second kappa shape index (κ2) is 12.3. The minimum atomic E-state index is -1.01. The highest BCUT2D eigenvalue weighted by molar-refractivity contribution is 5.88. The molecule has 1 fully saturated rings. The number of aromatic nitrogens is 4. The van der Waals surface area contributed by atoms with E-state index in [4.69, 9.17) is 18.6 Å². The van der Waals surface area contributed by atoms with Gasteiger partial charge < -0.3 is 28.8 Å². The lowest BCUT2D eigenvalue weighted by Crippen LogP contribution is -2.47. The molecule has 0 unspecified atom stereocenters. The maximum atomic E-state index is 14.0. The number of carbonyl (C=O) groups excluding carboxylic acids is 2. The van der Waals surface area contributed by atoms with Gasteiger partial charge in [-0.15, -0.1) is 10.2 Å². The number of benzene rings is 2. The standard InChI is InChI=1S/C30H32N6O6/c1-39-23-12-10-21(11-13-23)29-32-34-36(33-29)18-27(37)35(17-20-9-14-24-26(16-20)42-19-41-24)28(25-8-5-15-40-25)30(38)31-22-6-3-2-4-7-22/h5,8-16,22,28H,2-4,6-7,17-19H2,1H3,(H,31,38)/t28-/m0/s1. The van der Waals surface area contributed by atoms with E-state index in [9.17, 15) is 9.59 Å². The van der Waals surface area contributed by atoms with Gasteiger partial charge in [-0.2, -0.15) is 4.80 Å². The monoisotopic (exact) mass is 572 g/mol. The number of tetrazole rings is 1. The molecule has 12 heteroatoms. The molecule has 1 aliphatic carbocycles. The predicted molar refractivity (Wildman–Crippen MR) is 149 cm³/mol. The minimum Gasteiger partial charge on any atom is -0.497 e. The molecule has 42 heavy (non-hydrogen) atoms. The predicted octanol–water partition coefficient (Wildman–Crippen LogP) is 3.89. The fourth-order valence-electron chi connectivity index (χ4n) is 5.34. The van der Waals surface area contributed by atoms with Gasteiger partial charge in [-0.3, -0.25) is 9.59 Å². The number of furan rings is 1. The van der Waals surface area contributed by atoms with E-state index in [1.54, 1.807) is 37.4 Å². The van der Waals surface area contributed by atoms with Crippen molar-refractivity contribution in [3.8, 4) is 28.6 Å². The number of hydrogen-bond donors (Lipinski definition) is 1. The van der Waals surface area contributed by atoms with E-state index in [2.05, 4.69) is 20.7 Å². The molecule has 1 aliphatic heterocycles. The summed E-state index contributed by atoms with van der Waals surface area (Å²) in [6, 6.07) is 15.1. The van der Waals surface area contributed by atoms with Crippen molar-refractivity contribution in [3.63, 3.8) is 0 Å². The van der Waals surface area contributed by atoms with E-state index in [1.807, 2.05) is 24.3 Å². The van der Waals surface area contributed by atoms with Gasteiger partial charge in [0.2, 0.25) is 18.5 Å². The summed E-state index contributed by atoms with van der Waals surface area (Å²) >= 11 is 0. The second-order valence-electron chi connectivity index (χ2n) is 10.3. The SMILES string of the molecule is COc1ccc(-c2nnn(CC(=O)N(Cc3ccc4c(c3)OCO4)[C@H](C(=O)NC3CCCCC3)c3ccco3)n2)cc1. The van der Waals surface area contributed by atoms with Crippen molar-refractivity contribution < 1.29 is 28.2 Å². The first-order valence-corrected chi connectivity index (χ1v) is 14.0. The van der Waals surface area contributed by atoms with Crippen LogP contribution in [0.1, 0.15) is 49.5 Å². The Morgan fingerprint density at radius 2 is 1.88 bits per heavy atom. The Balaban J connectivity index is 1.28. The van der Waals surface area contributed by atoms with Gasteiger partial charge in [0.25, 0.3) is 5.91 Å². The summed E-state index contributed by atoms with van der Waals surface area (Å²) in [7, 11) is 1.59. The van der Waals surface area contributed by atoms with Crippen LogP contribution in [0, 0.1) is 0 Å². The van der Waals surface area contributed by atoms with E-state index in [-0.39, 0.29) is 37.7 Å². The van der Waals surface area contributed by atoms with Crippen molar-refractivity contribution >= 4 is 11.8 Å². The lowest BCUT2D eigenvalue weighted by atomic mass is 9.95. The molecule has 4 aromatic rings. The van der Waals surface area contributed by atoms with Gasteiger partial charge in [0.05, 0.1) is 13.4 Å². The summed E-state index contributed by atoms with van der Waals surface area (Å²) in [5, 5.41) is 15.8. The Morgan fingerprint density at radius 1 is 1.07 bits per heavy atom. The maximum Gasteiger partial charge on any atom is 0.250 e. The Kier molecular flexibility index (Phi) is 8.02. The van der Waals surface area contributed by atoms with Gasteiger partial charge in [0.1, 0.15) is 18.1 Å². The number of methoxy groups -OCH3 is 1. The zero-order valence-electron chi connectivity index (χ0n) is 23.3. The number of nitrogens with zero attached hydrogens (tertiary/aromatic N) is 5. The third-order valence-corrected chi connectivity index (χ3v) is 7.51. The zero-order chi connectivity index (χ0) is 28.9. The molecular formula is C30H32N6O6. The number of rotatable bonds is 10.